The predicted molar refractivity (Wildman–Crippen MR) is 79.2 cm³/mol. The smallest absolute Gasteiger partial charge is 0.338 e. The van der Waals surface area contributed by atoms with Crippen molar-refractivity contribution in [3.05, 3.63) is 34.4 Å². The summed E-state index contributed by atoms with van der Waals surface area (Å²) in [6, 6.07) is 4.03. The van der Waals surface area contributed by atoms with Crippen molar-refractivity contribution in [1.29, 1.82) is 0 Å². The molecule has 0 bridgehead atoms. The molecule has 3 N–H and O–H groups in total. The number of aliphatic hydroxyl groups excluding tert-OH is 1. The number of rotatable bonds is 4. The Kier molecular flexibility index (Phi) is 4.24. The van der Waals surface area contributed by atoms with Crippen molar-refractivity contribution >= 4 is 5.97 Å². The standard InChI is InChI=1S/C16H22N2O3/c1-10-12(4-5-13-14(10)9-21-16(13)20)15(19)8-18-11-3-2-6-17-7-11/h4-5,11,15,17-19H,2-3,6-9H2,1H3/t11?,15-/m0/s1. The Labute approximate surface area is 124 Å². The first-order chi connectivity index (χ1) is 10.2. The van der Waals surface area contributed by atoms with Crippen LogP contribution >= 0.6 is 0 Å². The minimum atomic E-state index is -0.562. The zero-order chi connectivity index (χ0) is 14.8. The van der Waals surface area contributed by atoms with Crippen molar-refractivity contribution in [2.45, 2.75) is 38.5 Å². The summed E-state index contributed by atoms with van der Waals surface area (Å²) in [5.74, 6) is -0.263. The van der Waals surface area contributed by atoms with Gasteiger partial charge in [0.15, 0.2) is 0 Å². The number of ether oxygens (including phenoxy) is 1. The monoisotopic (exact) mass is 290 g/mol. The van der Waals surface area contributed by atoms with Gasteiger partial charge in [0.1, 0.15) is 6.61 Å². The van der Waals surface area contributed by atoms with E-state index in [-0.39, 0.29) is 5.97 Å². The molecule has 1 saturated heterocycles. The zero-order valence-corrected chi connectivity index (χ0v) is 12.3. The third-order valence-electron chi connectivity index (χ3n) is 4.46. The molecule has 0 aliphatic carbocycles. The topological polar surface area (TPSA) is 70.6 Å². The summed E-state index contributed by atoms with van der Waals surface area (Å²) in [5, 5.41) is 17.2. The number of benzene rings is 1. The lowest BCUT2D eigenvalue weighted by Crippen LogP contribution is -2.44. The molecule has 1 aromatic carbocycles. The molecular formula is C16H22N2O3. The van der Waals surface area contributed by atoms with Gasteiger partial charge >= 0.3 is 5.97 Å². The van der Waals surface area contributed by atoms with E-state index in [0.29, 0.717) is 24.8 Å². The second-order valence-corrected chi connectivity index (χ2v) is 5.85. The van der Waals surface area contributed by atoms with Gasteiger partial charge in [0.05, 0.1) is 11.7 Å². The van der Waals surface area contributed by atoms with E-state index >= 15 is 0 Å². The van der Waals surface area contributed by atoms with E-state index in [9.17, 15) is 9.90 Å². The van der Waals surface area contributed by atoms with Crippen LogP contribution in [0.25, 0.3) is 0 Å². The first kappa shape index (κ1) is 14.5. The highest BCUT2D eigenvalue weighted by Gasteiger charge is 2.25. The molecule has 5 nitrogen and oxygen atoms in total. The maximum atomic E-state index is 11.5. The van der Waals surface area contributed by atoms with E-state index in [1.807, 2.05) is 13.0 Å². The molecule has 2 heterocycles. The van der Waals surface area contributed by atoms with Crippen molar-refractivity contribution in [3.63, 3.8) is 0 Å². The van der Waals surface area contributed by atoms with Gasteiger partial charge in [-0.3, -0.25) is 0 Å². The van der Waals surface area contributed by atoms with Gasteiger partial charge in [0.25, 0.3) is 0 Å². The number of carbonyl (C=O) groups is 1. The van der Waals surface area contributed by atoms with Crippen molar-refractivity contribution in [1.82, 2.24) is 10.6 Å². The summed E-state index contributed by atoms with van der Waals surface area (Å²) in [6.07, 6.45) is 1.75. The molecule has 2 atom stereocenters. The molecule has 114 valence electrons. The molecule has 0 spiro atoms. The average Bonchev–Trinajstić information content (AvgIpc) is 2.89. The van der Waals surface area contributed by atoms with Crippen LogP contribution in [0.1, 0.15) is 46.0 Å². The highest BCUT2D eigenvalue weighted by molar-refractivity contribution is 5.93. The van der Waals surface area contributed by atoms with Gasteiger partial charge < -0.3 is 20.5 Å². The zero-order valence-electron chi connectivity index (χ0n) is 12.3. The first-order valence-electron chi connectivity index (χ1n) is 7.58. The lowest BCUT2D eigenvalue weighted by molar-refractivity contribution is 0.0535. The molecule has 0 radical (unpaired) electrons. The summed E-state index contributed by atoms with van der Waals surface area (Å²) >= 11 is 0. The Hall–Kier alpha value is -1.43. The van der Waals surface area contributed by atoms with Crippen LogP contribution in [-0.4, -0.2) is 36.8 Å². The van der Waals surface area contributed by atoms with Crippen LogP contribution in [0.5, 0.6) is 0 Å². The molecular weight excluding hydrogens is 268 g/mol. The number of carbonyl (C=O) groups excluding carboxylic acids is 1. The third kappa shape index (κ3) is 2.95. The highest BCUT2D eigenvalue weighted by atomic mass is 16.5. The van der Waals surface area contributed by atoms with Gasteiger partial charge in [-0.25, -0.2) is 4.79 Å². The van der Waals surface area contributed by atoms with E-state index in [2.05, 4.69) is 10.6 Å². The predicted octanol–water partition coefficient (Wildman–Crippen LogP) is 1.04. The number of cyclic esters (lactones) is 1. The highest BCUT2D eigenvalue weighted by Crippen LogP contribution is 2.28. The lowest BCUT2D eigenvalue weighted by atomic mass is 9.95. The Balaban J connectivity index is 1.67. The molecule has 0 aromatic heterocycles. The fraction of sp³-hybridized carbons (Fsp3) is 0.562. The van der Waals surface area contributed by atoms with Gasteiger partial charge in [-0.2, -0.15) is 0 Å². The van der Waals surface area contributed by atoms with E-state index in [1.54, 1.807) is 6.07 Å². The summed E-state index contributed by atoms with van der Waals surface area (Å²) in [4.78, 5) is 11.5. The molecule has 0 amide bonds. The summed E-state index contributed by atoms with van der Waals surface area (Å²) in [5.41, 5.74) is 3.39. The molecule has 1 fully saturated rings. The number of nitrogens with one attached hydrogen (secondary N) is 2. The molecule has 1 unspecified atom stereocenters. The Morgan fingerprint density at radius 3 is 3.14 bits per heavy atom. The maximum absolute atomic E-state index is 11.5. The Morgan fingerprint density at radius 1 is 1.52 bits per heavy atom. The molecule has 5 heteroatoms. The Morgan fingerprint density at radius 2 is 2.38 bits per heavy atom. The van der Waals surface area contributed by atoms with Gasteiger partial charge in [-0.1, -0.05) is 6.07 Å². The average molecular weight is 290 g/mol. The fourth-order valence-corrected chi connectivity index (χ4v) is 3.14. The van der Waals surface area contributed by atoms with Crippen LogP contribution in [0.4, 0.5) is 0 Å². The fourth-order valence-electron chi connectivity index (χ4n) is 3.14. The van der Waals surface area contributed by atoms with Crippen LogP contribution in [0.15, 0.2) is 12.1 Å². The number of piperidine rings is 1. The largest absolute Gasteiger partial charge is 0.457 e. The summed E-state index contributed by atoms with van der Waals surface area (Å²) in [7, 11) is 0. The van der Waals surface area contributed by atoms with Gasteiger partial charge in [0, 0.05) is 24.7 Å². The maximum Gasteiger partial charge on any atom is 0.338 e. The number of hydrogen-bond acceptors (Lipinski definition) is 5. The van der Waals surface area contributed by atoms with Crippen LogP contribution < -0.4 is 10.6 Å². The van der Waals surface area contributed by atoms with Crippen LogP contribution in [0.2, 0.25) is 0 Å². The van der Waals surface area contributed by atoms with Crippen LogP contribution in [0, 0.1) is 6.92 Å². The molecule has 1 aromatic rings. The summed E-state index contributed by atoms with van der Waals surface area (Å²) < 4.78 is 5.05. The Bertz CT molecular complexity index is 539. The number of aliphatic hydroxyl groups is 1. The third-order valence-corrected chi connectivity index (χ3v) is 4.46. The van der Waals surface area contributed by atoms with Crippen molar-refractivity contribution in [2.75, 3.05) is 19.6 Å². The quantitative estimate of drug-likeness (QED) is 0.723. The molecule has 2 aliphatic heterocycles. The number of hydrogen-bond donors (Lipinski definition) is 3. The van der Waals surface area contributed by atoms with E-state index in [4.69, 9.17) is 4.74 Å². The summed E-state index contributed by atoms with van der Waals surface area (Å²) in [6.45, 7) is 4.83. The molecule has 0 saturated carbocycles. The van der Waals surface area contributed by atoms with Crippen molar-refractivity contribution < 1.29 is 14.6 Å². The lowest BCUT2D eigenvalue weighted by Gasteiger charge is -2.25. The second kappa shape index (κ2) is 6.13. The normalized spacial score (nSPS) is 22.8. The van der Waals surface area contributed by atoms with Crippen molar-refractivity contribution in [2.24, 2.45) is 0 Å². The number of esters is 1. The van der Waals surface area contributed by atoms with E-state index in [0.717, 1.165) is 36.2 Å². The molecule has 21 heavy (non-hydrogen) atoms. The minimum Gasteiger partial charge on any atom is -0.457 e. The molecule has 3 rings (SSSR count). The van der Waals surface area contributed by atoms with Gasteiger partial charge in [0.2, 0.25) is 0 Å². The van der Waals surface area contributed by atoms with Gasteiger partial charge in [-0.15, -0.1) is 0 Å². The van der Waals surface area contributed by atoms with E-state index in [1.165, 1.54) is 6.42 Å². The number of fused-ring (bicyclic) bond motifs is 1. The van der Waals surface area contributed by atoms with E-state index < -0.39 is 6.10 Å². The minimum absolute atomic E-state index is 0.263. The van der Waals surface area contributed by atoms with Crippen LogP contribution in [0.3, 0.4) is 0 Å². The second-order valence-electron chi connectivity index (χ2n) is 5.85. The SMILES string of the molecule is Cc1c([C@@H](O)CNC2CCCNC2)ccc2c1COC2=O. The van der Waals surface area contributed by atoms with Crippen LogP contribution in [-0.2, 0) is 11.3 Å². The first-order valence-corrected chi connectivity index (χ1v) is 7.58. The van der Waals surface area contributed by atoms with Gasteiger partial charge in [-0.05, 0) is 43.5 Å². The van der Waals surface area contributed by atoms with Crippen molar-refractivity contribution in [3.8, 4) is 0 Å². The molecule has 2 aliphatic rings.